The van der Waals surface area contributed by atoms with Crippen molar-refractivity contribution in [1.82, 2.24) is 4.98 Å². The first kappa shape index (κ1) is 14.4. The van der Waals surface area contributed by atoms with Crippen molar-refractivity contribution in [1.29, 1.82) is 0 Å². The van der Waals surface area contributed by atoms with Crippen molar-refractivity contribution >= 4 is 22.6 Å². The van der Waals surface area contributed by atoms with Crippen molar-refractivity contribution in [2.45, 2.75) is 20.4 Å². The molecule has 70 valence electrons. The summed E-state index contributed by atoms with van der Waals surface area (Å²) in [5, 5.41) is 0. The van der Waals surface area contributed by atoms with Crippen molar-refractivity contribution < 1.29 is 0 Å². The lowest BCUT2D eigenvalue weighted by Crippen LogP contribution is -1.97. The Kier molecular flexibility index (Phi) is 16.1. The largest absolute Gasteiger partial charge is 0.325 e. The van der Waals surface area contributed by atoms with Gasteiger partial charge in [-0.2, -0.15) is 0 Å². The van der Waals surface area contributed by atoms with Crippen LogP contribution in [0.5, 0.6) is 0 Å². The Labute approximate surface area is 88.7 Å². The second kappa shape index (κ2) is 13.4. The fourth-order valence-corrected chi connectivity index (χ4v) is 0.519. The Morgan fingerprint density at radius 3 is 2.17 bits per heavy atom. The van der Waals surface area contributed by atoms with Crippen molar-refractivity contribution in [3.8, 4) is 0 Å². The van der Waals surface area contributed by atoms with Crippen LogP contribution in [0.2, 0.25) is 0 Å². The Morgan fingerprint density at radius 1 is 1.33 bits per heavy atom. The van der Waals surface area contributed by atoms with Gasteiger partial charge in [0.15, 0.2) is 0 Å². The summed E-state index contributed by atoms with van der Waals surface area (Å²) in [6, 6.07) is 5.70. The van der Waals surface area contributed by atoms with E-state index >= 15 is 0 Å². The minimum absolute atomic E-state index is 0.529. The molecule has 0 atom stereocenters. The smallest absolute Gasteiger partial charge is 0.0539 e. The van der Waals surface area contributed by atoms with Crippen LogP contribution in [0.25, 0.3) is 0 Å². The van der Waals surface area contributed by atoms with Gasteiger partial charge in [-0.25, -0.2) is 0 Å². The van der Waals surface area contributed by atoms with Crippen LogP contribution in [-0.4, -0.2) is 9.91 Å². The van der Waals surface area contributed by atoms with E-state index in [2.05, 4.69) is 27.6 Å². The normalized spacial score (nSPS) is 7.08. The Morgan fingerprint density at radius 2 is 1.92 bits per heavy atom. The van der Waals surface area contributed by atoms with E-state index in [9.17, 15) is 0 Å². The standard InChI is InChI=1S/C6H8N2.C2H6.CH3I/c7-5-6-3-1-2-4-8-6;2*1-2/h1-4H,5,7H2;1-2H3;1H3. The Hall–Kier alpha value is -0.160. The highest BCUT2D eigenvalue weighted by atomic mass is 127. The molecule has 0 unspecified atom stereocenters. The van der Waals surface area contributed by atoms with Crippen LogP contribution in [-0.2, 0) is 6.54 Å². The van der Waals surface area contributed by atoms with Crippen LogP contribution in [0.3, 0.4) is 0 Å². The van der Waals surface area contributed by atoms with E-state index < -0.39 is 0 Å². The van der Waals surface area contributed by atoms with E-state index in [1.807, 2.05) is 37.0 Å². The first-order valence-electron chi connectivity index (χ1n) is 3.91. The van der Waals surface area contributed by atoms with Crippen molar-refractivity contribution in [3.63, 3.8) is 0 Å². The zero-order chi connectivity index (χ0) is 9.82. The maximum Gasteiger partial charge on any atom is 0.0539 e. The molecule has 3 heteroatoms. The second-order valence-corrected chi connectivity index (χ2v) is 1.53. The van der Waals surface area contributed by atoms with Gasteiger partial charge < -0.3 is 5.73 Å². The molecular formula is C9H17IN2. The van der Waals surface area contributed by atoms with Gasteiger partial charge in [0.1, 0.15) is 0 Å². The lowest BCUT2D eigenvalue weighted by Gasteiger charge is -1.89. The molecule has 1 aromatic heterocycles. The molecule has 0 aliphatic heterocycles. The summed E-state index contributed by atoms with van der Waals surface area (Å²) in [6.45, 7) is 4.53. The average molecular weight is 280 g/mol. The summed E-state index contributed by atoms with van der Waals surface area (Å²) < 4.78 is 0. The van der Waals surface area contributed by atoms with E-state index in [1.54, 1.807) is 6.20 Å². The van der Waals surface area contributed by atoms with Crippen molar-refractivity contribution in [2.75, 3.05) is 4.93 Å². The summed E-state index contributed by atoms with van der Waals surface area (Å²) in [5.74, 6) is 0. The lowest BCUT2D eigenvalue weighted by atomic mass is 10.4. The number of alkyl halides is 1. The summed E-state index contributed by atoms with van der Waals surface area (Å²) in [5.41, 5.74) is 6.22. The van der Waals surface area contributed by atoms with Crippen LogP contribution >= 0.6 is 22.6 Å². The van der Waals surface area contributed by atoms with Gasteiger partial charge >= 0.3 is 0 Å². The van der Waals surface area contributed by atoms with Gasteiger partial charge in [-0.3, -0.25) is 4.98 Å². The molecule has 0 bridgehead atoms. The predicted octanol–water partition coefficient (Wildman–Crippen LogP) is 2.62. The van der Waals surface area contributed by atoms with Gasteiger partial charge in [0, 0.05) is 12.7 Å². The third-order valence-corrected chi connectivity index (χ3v) is 0.935. The quantitative estimate of drug-likeness (QED) is 0.634. The van der Waals surface area contributed by atoms with Gasteiger partial charge in [-0.1, -0.05) is 42.5 Å². The SMILES string of the molecule is CC.CI.NCc1ccccn1. The highest BCUT2D eigenvalue weighted by Gasteiger charge is 1.81. The Balaban J connectivity index is 0. The monoisotopic (exact) mass is 280 g/mol. The van der Waals surface area contributed by atoms with E-state index in [1.165, 1.54) is 0 Å². The van der Waals surface area contributed by atoms with Crippen molar-refractivity contribution in [3.05, 3.63) is 30.1 Å². The van der Waals surface area contributed by atoms with Crippen LogP contribution in [0, 0.1) is 0 Å². The molecule has 1 aromatic rings. The highest BCUT2D eigenvalue weighted by Crippen LogP contribution is 1.88. The van der Waals surface area contributed by atoms with Gasteiger partial charge in [0.05, 0.1) is 5.69 Å². The molecule has 0 fully saturated rings. The van der Waals surface area contributed by atoms with Crippen LogP contribution in [0.1, 0.15) is 19.5 Å². The molecular weight excluding hydrogens is 263 g/mol. The number of aromatic nitrogens is 1. The first-order chi connectivity index (χ1) is 5.93. The summed E-state index contributed by atoms with van der Waals surface area (Å²) in [6.07, 6.45) is 1.74. The molecule has 1 heterocycles. The van der Waals surface area contributed by atoms with Gasteiger partial charge in [-0.15, -0.1) is 0 Å². The molecule has 1 rings (SSSR count). The minimum atomic E-state index is 0.529. The summed E-state index contributed by atoms with van der Waals surface area (Å²) >= 11 is 2.15. The third kappa shape index (κ3) is 7.94. The van der Waals surface area contributed by atoms with E-state index in [0.717, 1.165) is 5.69 Å². The van der Waals surface area contributed by atoms with Crippen molar-refractivity contribution in [2.24, 2.45) is 5.73 Å². The van der Waals surface area contributed by atoms with Crippen LogP contribution in [0.4, 0.5) is 0 Å². The number of hydrogen-bond donors (Lipinski definition) is 1. The average Bonchev–Trinajstić information content (AvgIpc) is 2.25. The minimum Gasteiger partial charge on any atom is -0.325 e. The maximum atomic E-state index is 5.29. The van der Waals surface area contributed by atoms with Crippen LogP contribution in [0.15, 0.2) is 24.4 Å². The zero-order valence-corrected chi connectivity index (χ0v) is 10.1. The number of pyridine rings is 1. The molecule has 0 aromatic carbocycles. The van der Waals surface area contributed by atoms with Gasteiger partial charge in [0.2, 0.25) is 0 Å². The number of halogens is 1. The second-order valence-electron chi connectivity index (χ2n) is 1.53. The molecule has 0 amide bonds. The molecule has 0 aliphatic rings. The fourth-order valence-electron chi connectivity index (χ4n) is 0.519. The highest BCUT2D eigenvalue weighted by molar-refractivity contribution is 14.1. The predicted molar refractivity (Wildman–Crippen MR) is 63.4 cm³/mol. The van der Waals surface area contributed by atoms with E-state index in [-0.39, 0.29) is 0 Å². The van der Waals surface area contributed by atoms with Crippen LogP contribution < -0.4 is 5.73 Å². The number of hydrogen-bond acceptors (Lipinski definition) is 2. The van der Waals surface area contributed by atoms with E-state index in [4.69, 9.17) is 5.73 Å². The summed E-state index contributed by atoms with van der Waals surface area (Å²) in [7, 11) is 0. The summed E-state index contributed by atoms with van der Waals surface area (Å²) in [4.78, 5) is 5.94. The number of nitrogens with zero attached hydrogens (tertiary/aromatic N) is 1. The molecule has 0 saturated carbocycles. The number of rotatable bonds is 1. The topological polar surface area (TPSA) is 38.9 Å². The Bertz CT molecular complexity index is 154. The molecule has 0 spiro atoms. The van der Waals surface area contributed by atoms with Gasteiger partial charge in [-0.05, 0) is 17.1 Å². The zero-order valence-electron chi connectivity index (χ0n) is 7.92. The third-order valence-electron chi connectivity index (χ3n) is 0.935. The molecule has 12 heavy (non-hydrogen) atoms. The fraction of sp³-hybridized carbons (Fsp3) is 0.444. The molecule has 0 aliphatic carbocycles. The number of nitrogens with two attached hydrogens (primary N) is 1. The maximum absolute atomic E-state index is 5.29. The van der Waals surface area contributed by atoms with Gasteiger partial charge in [0.25, 0.3) is 0 Å². The van der Waals surface area contributed by atoms with E-state index in [0.29, 0.717) is 6.54 Å². The molecule has 0 radical (unpaired) electrons. The first-order valence-corrected chi connectivity index (χ1v) is 6.07. The molecule has 0 saturated heterocycles. The lowest BCUT2D eigenvalue weighted by molar-refractivity contribution is 0.991. The molecule has 2 N–H and O–H groups in total. The molecule has 2 nitrogen and oxygen atoms in total.